The van der Waals surface area contributed by atoms with Crippen molar-refractivity contribution in [3.8, 4) is 0 Å². The smallest absolute Gasteiger partial charge is 0.109 e. The Morgan fingerprint density at radius 3 is 2.86 bits per heavy atom. The van der Waals surface area contributed by atoms with Gasteiger partial charge in [0.2, 0.25) is 0 Å². The second kappa shape index (κ2) is 1.82. The Bertz CT molecular complexity index is 99.9. The highest BCUT2D eigenvalue weighted by molar-refractivity contribution is 9.18. The predicted molar refractivity (Wildman–Crippen MR) is 33.3 cm³/mol. The molecule has 0 bridgehead atoms. The molecule has 0 fully saturated rings. The van der Waals surface area contributed by atoms with E-state index in [1.54, 1.807) is 0 Å². The van der Waals surface area contributed by atoms with E-state index in [2.05, 4.69) is 21.0 Å². The van der Waals surface area contributed by atoms with E-state index in [1.807, 2.05) is 18.5 Å². The van der Waals surface area contributed by atoms with E-state index in [-0.39, 0.29) is 0 Å². The van der Waals surface area contributed by atoms with Crippen molar-refractivity contribution in [3.63, 3.8) is 0 Å². The Labute approximate surface area is 51.3 Å². The van der Waals surface area contributed by atoms with Gasteiger partial charge in [-0.15, -0.1) is 0 Å². The molecule has 2 nitrogen and oxygen atoms in total. The molecule has 7 heavy (non-hydrogen) atoms. The second-order valence-electron chi connectivity index (χ2n) is 1.47. The number of nitrogens with zero attached hydrogens (tertiary/aromatic N) is 2. The minimum atomic E-state index is 0.931. The first-order valence-electron chi connectivity index (χ1n) is 2.07. The molecule has 39 valence electrons. The first-order valence-corrected chi connectivity index (χ1v) is 2.87. The molecule has 0 aromatic heterocycles. The molecule has 0 aromatic rings. The maximum atomic E-state index is 4.00. The standard InChI is InChI=1S/C4H6BrN2/c1-7-3-2-4(5)6-7/h2H,3H2,1H3. The summed E-state index contributed by atoms with van der Waals surface area (Å²) in [5.74, 6) is 0. The normalized spacial score (nSPS) is 20.3. The molecule has 0 atom stereocenters. The molecule has 1 heterocycles. The molecule has 0 aliphatic carbocycles. The number of hydrazone groups is 1. The molecule has 1 rings (SSSR count). The summed E-state index contributed by atoms with van der Waals surface area (Å²) >= 11 is 3.23. The third-order valence-electron chi connectivity index (χ3n) is 0.790. The van der Waals surface area contributed by atoms with E-state index in [9.17, 15) is 0 Å². The highest BCUT2D eigenvalue weighted by Crippen LogP contribution is 2.05. The summed E-state index contributed by atoms with van der Waals surface area (Å²) in [6, 6.07) is 0. The largest absolute Gasteiger partial charge is 0.299 e. The van der Waals surface area contributed by atoms with E-state index in [0.717, 1.165) is 11.2 Å². The van der Waals surface area contributed by atoms with Crippen LogP contribution in [0.5, 0.6) is 0 Å². The van der Waals surface area contributed by atoms with Crippen molar-refractivity contribution in [2.75, 3.05) is 13.6 Å². The fourth-order valence-electron chi connectivity index (χ4n) is 0.452. The minimum absolute atomic E-state index is 0.931. The number of hydrogen-bond acceptors (Lipinski definition) is 2. The quantitative estimate of drug-likeness (QED) is 0.515. The molecule has 3 heteroatoms. The van der Waals surface area contributed by atoms with Gasteiger partial charge in [-0.25, -0.2) is 0 Å². The topological polar surface area (TPSA) is 15.6 Å². The Kier molecular flexibility index (Phi) is 1.32. The number of hydrogen-bond donors (Lipinski definition) is 0. The molecule has 0 unspecified atom stereocenters. The van der Waals surface area contributed by atoms with Gasteiger partial charge in [-0.2, -0.15) is 5.10 Å². The molecule has 1 aliphatic rings. The van der Waals surface area contributed by atoms with Gasteiger partial charge in [-0.1, -0.05) is 0 Å². The molecule has 1 radical (unpaired) electrons. The van der Waals surface area contributed by atoms with E-state index in [0.29, 0.717) is 0 Å². The van der Waals surface area contributed by atoms with Gasteiger partial charge in [0.05, 0.1) is 0 Å². The van der Waals surface area contributed by atoms with Crippen LogP contribution in [0.15, 0.2) is 5.10 Å². The Balaban J connectivity index is 2.50. The third kappa shape index (κ3) is 1.16. The zero-order chi connectivity index (χ0) is 5.28. The fraction of sp³-hybridized carbons (Fsp3) is 0.500. The van der Waals surface area contributed by atoms with Crippen LogP contribution >= 0.6 is 15.9 Å². The Hall–Kier alpha value is -0.0500. The van der Waals surface area contributed by atoms with E-state index >= 15 is 0 Å². The van der Waals surface area contributed by atoms with E-state index < -0.39 is 0 Å². The van der Waals surface area contributed by atoms with Crippen molar-refractivity contribution in [1.82, 2.24) is 5.01 Å². The van der Waals surface area contributed by atoms with Gasteiger partial charge in [0.25, 0.3) is 0 Å². The lowest BCUT2D eigenvalue weighted by molar-refractivity contribution is 0.409. The van der Waals surface area contributed by atoms with Gasteiger partial charge in [0.1, 0.15) is 4.62 Å². The van der Waals surface area contributed by atoms with Crippen molar-refractivity contribution in [3.05, 3.63) is 6.42 Å². The zero-order valence-electron chi connectivity index (χ0n) is 4.06. The highest BCUT2D eigenvalue weighted by atomic mass is 79.9. The maximum Gasteiger partial charge on any atom is 0.109 e. The molecule has 0 aromatic carbocycles. The molecular formula is C4H6BrN2. The molecular weight excluding hydrogens is 156 g/mol. The first kappa shape index (κ1) is 5.09. The van der Waals surface area contributed by atoms with Gasteiger partial charge in [0.15, 0.2) is 0 Å². The lowest BCUT2D eigenvalue weighted by atomic mass is 10.5. The summed E-state index contributed by atoms with van der Waals surface area (Å²) < 4.78 is 0.940. The van der Waals surface area contributed by atoms with Crippen LogP contribution in [0.2, 0.25) is 0 Å². The lowest BCUT2D eigenvalue weighted by Crippen LogP contribution is -2.04. The summed E-state index contributed by atoms with van der Waals surface area (Å²) in [7, 11) is 1.94. The molecule has 0 saturated carbocycles. The maximum absolute atomic E-state index is 4.00. The summed E-state index contributed by atoms with van der Waals surface area (Å²) in [4.78, 5) is 0. The average Bonchev–Trinajstić information content (AvgIpc) is 1.87. The van der Waals surface area contributed by atoms with Crippen molar-refractivity contribution in [1.29, 1.82) is 0 Å². The van der Waals surface area contributed by atoms with Crippen molar-refractivity contribution < 1.29 is 0 Å². The van der Waals surface area contributed by atoms with Crippen LogP contribution in [0.4, 0.5) is 0 Å². The number of rotatable bonds is 0. The van der Waals surface area contributed by atoms with E-state index in [4.69, 9.17) is 0 Å². The van der Waals surface area contributed by atoms with Crippen LogP contribution in [-0.2, 0) is 0 Å². The van der Waals surface area contributed by atoms with Gasteiger partial charge in [0, 0.05) is 20.0 Å². The van der Waals surface area contributed by atoms with Crippen LogP contribution in [0.1, 0.15) is 0 Å². The van der Waals surface area contributed by atoms with Gasteiger partial charge in [-0.05, 0) is 15.9 Å². The van der Waals surface area contributed by atoms with Crippen LogP contribution in [-0.4, -0.2) is 23.2 Å². The van der Waals surface area contributed by atoms with Crippen molar-refractivity contribution in [2.45, 2.75) is 0 Å². The molecule has 1 aliphatic heterocycles. The summed E-state index contributed by atoms with van der Waals surface area (Å²) in [6.07, 6.45) is 2.01. The monoisotopic (exact) mass is 161 g/mol. The molecule has 0 N–H and O–H groups in total. The van der Waals surface area contributed by atoms with Crippen LogP contribution in [0.3, 0.4) is 0 Å². The fourth-order valence-corrected chi connectivity index (χ4v) is 0.868. The summed E-state index contributed by atoms with van der Waals surface area (Å²) in [5, 5.41) is 5.87. The Morgan fingerprint density at radius 2 is 2.71 bits per heavy atom. The lowest BCUT2D eigenvalue weighted by Gasteiger charge is -1.99. The average molecular weight is 162 g/mol. The zero-order valence-corrected chi connectivity index (χ0v) is 5.64. The summed E-state index contributed by atoms with van der Waals surface area (Å²) in [5.41, 5.74) is 0. The highest BCUT2D eigenvalue weighted by Gasteiger charge is 2.05. The van der Waals surface area contributed by atoms with E-state index in [1.165, 1.54) is 0 Å². The van der Waals surface area contributed by atoms with Gasteiger partial charge in [-0.3, -0.25) is 5.01 Å². The number of halogens is 1. The third-order valence-corrected chi connectivity index (χ3v) is 1.27. The van der Waals surface area contributed by atoms with Gasteiger partial charge < -0.3 is 0 Å². The second-order valence-corrected chi connectivity index (χ2v) is 2.28. The van der Waals surface area contributed by atoms with Crippen molar-refractivity contribution in [2.24, 2.45) is 5.10 Å². The van der Waals surface area contributed by atoms with Crippen LogP contribution in [0, 0.1) is 6.42 Å². The predicted octanol–water partition coefficient (Wildman–Crippen LogP) is 0.844. The van der Waals surface area contributed by atoms with Crippen molar-refractivity contribution >= 4 is 20.6 Å². The SMILES string of the molecule is CN1C[CH]C(Br)=N1. The summed E-state index contributed by atoms with van der Waals surface area (Å²) in [6.45, 7) is 0.931. The molecule has 0 spiro atoms. The minimum Gasteiger partial charge on any atom is -0.299 e. The molecule has 0 saturated heterocycles. The van der Waals surface area contributed by atoms with Gasteiger partial charge >= 0.3 is 0 Å². The Morgan fingerprint density at radius 1 is 2.00 bits per heavy atom. The van der Waals surface area contributed by atoms with Crippen LogP contribution in [0.25, 0.3) is 0 Å². The first-order chi connectivity index (χ1) is 3.29. The van der Waals surface area contributed by atoms with Crippen LogP contribution < -0.4 is 0 Å². The molecule has 0 amide bonds.